The molecule has 3 aromatic rings. The first kappa shape index (κ1) is 21.7. The number of nitrogens with one attached hydrogen (secondary N) is 3. The van der Waals surface area contributed by atoms with Gasteiger partial charge in [-0.25, -0.2) is 0 Å². The Balaban J connectivity index is 1.52. The molecule has 0 aliphatic rings. The second kappa shape index (κ2) is 10.7. The van der Waals surface area contributed by atoms with E-state index in [-0.39, 0.29) is 16.9 Å². The molecule has 0 aliphatic carbocycles. The van der Waals surface area contributed by atoms with Crippen LogP contribution in [-0.2, 0) is 11.2 Å². The normalized spacial score (nSPS) is 10.2. The highest BCUT2D eigenvalue weighted by atomic mass is 79.9. The van der Waals surface area contributed by atoms with Gasteiger partial charge in [0.1, 0.15) is 0 Å². The molecule has 0 aromatic heterocycles. The summed E-state index contributed by atoms with van der Waals surface area (Å²) in [7, 11) is 0. The molecule has 0 bridgehead atoms. The molecule has 0 radical (unpaired) electrons. The summed E-state index contributed by atoms with van der Waals surface area (Å²) >= 11 is 8.57. The van der Waals surface area contributed by atoms with Gasteiger partial charge in [0.15, 0.2) is 5.11 Å². The van der Waals surface area contributed by atoms with Crippen molar-refractivity contribution >= 4 is 56.4 Å². The van der Waals surface area contributed by atoms with Gasteiger partial charge in [0.25, 0.3) is 5.91 Å². The minimum absolute atomic E-state index is 0.0680. The lowest BCUT2D eigenvalue weighted by Gasteiger charge is -2.11. The Labute approximate surface area is 189 Å². The van der Waals surface area contributed by atoms with E-state index >= 15 is 0 Å². The summed E-state index contributed by atoms with van der Waals surface area (Å²) in [5.74, 6) is -0.374. The molecular weight excluding hydrogens is 462 g/mol. The van der Waals surface area contributed by atoms with Crippen LogP contribution in [0.1, 0.15) is 22.3 Å². The number of carbonyl (C=O) groups excluding carboxylic acids is 2. The lowest BCUT2D eigenvalue weighted by atomic mass is 10.1. The molecule has 3 N–H and O–H groups in total. The average molecular weight is 482 g/mol. The van der Waals surface area contributed by atoms with Gasteiger partial charge in [0.05, 0.1) is 0 Å². The highest BCUT2D eigenvalue weighted by Gasteiger charge is 2.09. The van der Waals surface area contributed by atoms with E-state index in [1.165, 1.54) is 0 Å². The van der Waals surface area contributed by atoms with Crippen LogP contribution >= 0.6 is 28.1 Å². The molecule has 0 aliphatic heterocycles. The number of rotatable bonds is 6. The Bertz CT molecular complexity index is 1060. The van der Waals surface area contributed by atoms with E-state index in [0.29, 0.717) is 29.8 Å². The van der Waals surface area contributed by atoms with Gasteiger partial charge in [-0.3, -0.25) is 14.9 Å². The van der Waals surface area contributed by atoms with Crippen LogP contribution in [0.2, 0.25) is 0 Å². The monoisotopic (exact) mass is 481 g/mol. The third kappa shape index (κ3) is 6.79. The van der Waals surface area contributed by atoms with Crippen molar-refractivity contribution < 1.29 is 9.59 Å². The van der Waals surface area contributed by atoms with Gasteiger partial charge >= 0.3 is 0 Å². The fourth-order valence-corrected chi connectivity index (χ4v) is 3.38. The predicted octanol–water partition coefficient (Wildman–Crippen LogP) is 5.15. The zero-order valence-electron chi connectivity index (χ0n) is 16.0. The van der Waals surface area contributed by atoms with Gasteiger partial charge in [-0.2, -0.15) is 0 Å². The Morgan fingerprint density at radius 2 is 1.53 bits per heavy atom. The molecule has 5 nitrogen and oxygen atoms in total. The number of anilines is 2. The fourth-order valence-electron chi connectivity index (χ4n) is 2.77. The topological polar surface area (TPSA) is 70.2 Å². The van der Waals surface area contributed by atoms with Crippen molar-refractivity contribution in [2.75, 3.05) is 10.6 Å². The van der Waals surface area contributed by atoms with E-state index in [1.807, 2.05) is 36.4 Å². The van der Waals surface area contributed by atoms with Gasteiger partial charge in [-0.15, -0.1) is 0 Å². The Morgan fingerprint density at radius 3 is 2.27 bits per heavy atom. The maximum Gasteiger partial charge on any atom is 0.257 e. The standard InChI is InChI=1S/C23H20BrN3O2S/c24-18-9-4-8-17(14-18)22(29)27-23(30)26-20-11-5-10-19(15-20)25-21(28)13-12-16-6-2-1-3-7-16/h1-11,14-15H,12-13H2,(H,25,28)(H2,26,27,29,30). The van der Waals surface area contributed by atoms with Crippen molar-refractivity contribution in [1.29, 1.82) is 0 Å². The van der Waals surface area contributed by atoms with Crippen LogP contribution in [0.3, 0.4) is 0 Å². The fraction of sp³-hybridized carbons (Fsp3) is 0.0870. The van der Waals surface area contributed by atoms with E-state index in [1.54, 1.807) is 42.5 Å². The van der Waals surface area contributed by atoms with Crippen molar-refractivity contribution in [2.24, 2.45) is 0 Å². The predicted molar refractivity (Wildman–Crippen MR) is 128 cm³/mol. The average Bonchev–Trinajstić information content (AvgIpc) is 2.73. The molecular formula is C23H20BrN3O2S. The first-order valence-electron chi connectivity index (χ1n) is 9.31. The molecule has 0 saturated heterocycles. The van der Waals surface area contributed by atoms with Gasteiger partial charge in [0.2, 0.25) is 5.91 Å². The minimum Gasteiger partial charge on any atom is -0.332 e. The second-order valence-corrected chi connectivity index (χ2v) is 7.86. The number of hydrogen-bond acceptors (Lipinski definition) is 3. The Hall–Kier alpha value is -3.03. The Morgan fingerprint density at radius 1 is 0.833 bits per heavy atom. The van der Waals surface area contributed by atoms with Crippen LogP contribution in [0.25, 0.3) is 0 Å². The maximum atomic E-state index is 12.3. The third-order valence-electron chi connectivity index (χ3n) is 4.20. The molecule has 7 heteroatoms. The van der Waals surface area contributed by atoms with Crippen LogP contribution in [0.4, 0.5) is 11.4 Å². The van der Waals surface area contributed by atoms with Crippen molar-refractivity contribution in [2.45, 2.75) is 12.8 Å². The van der Waals surface area contributed by atoms with E-state index in [2.05, 4.69) is 31.9 Å². The molecule has 0 fully saturated rings. The molecule has 3 rings (SSSR count). The molecule has 152 valence electrons. The van der Waals surface area contributed by atoms with Gasteiger partial charge in [-0.05, 0) is 60.6 Å². The van der Waals surface area contributed by atoms with Gasteiger partial charge < -0.3 is 10.6 Å². The van der Waals surface area contributed by atoms with Crippen molar-refractivity contribution in [3.63, 3.8) is 0 Å². The smallest absolute Gasteiger partial charge is 0.257 e. The first-order valence-corrected chi connectivity index (χ1v) is 10.5. The van der Waals surface area contributed by atoms with Gasteiger partial charge in [0, 0.05) is 27.8 Å². The molecule has 0 spiro atoms. The van der Waals surface area contributed by atoms with E-state index < -0.39 is 0 Å². The molecule has 2 amide bonds. The van der Waals surface area contributed by atoms with Crippen LogP contribution in [0, 0.1) is 0 Å². The first-order chi connectivity index (χ1) is 14.5. The lowest BCUT2D eigenvalue weighted by Crippen LogP contribution is -2.34. The van der Waals surface area contributed by atoms with Crippen LogP contribution in [-0.4, -0.2) is 16.9 Å². The largest absolute Gasteiger partial charge is 0.332 e. The summed E-state index contributed by atoms with van der Waals surface area (Å²) in [6.07, 6.45) is 1.07. The van der Waals surface area contributed by atoms with Crippen LogP contribution in [0.15, 0.2) is 83.3 Å². The second-order valence-electron chi connectivity index (χ2n) is 6.53. The molecule has 0 atom stereocenters. The molecule has 0 saturated carbocycles. The maximum absolute atomic E-state index is 12.3. The zero-order valence-corrected chi connectivity index (χ0v) is 18.4. The molecule has 3 aromatic carbocycles. The highest BCUT2D eigenvalue weighted by molar-refractivity contribution is 9.10. The lowest BCUT2D eigenvalue weighted by molar-refractivity contribution is -0.116. The summed E-state index contributed by atoms with van der Waals surface area (Å²) in [6.45, 7) is 0. The summed E-state index contributed by atoms with van der Waals surface area (Å²) in [4.78, 5) is 24.5. The SMILES string of the molecule is O=C(CCc1ccccc1)Nc1cccc(NC(=S)NC(=O)c2cccc(Br)c2)c1. The summed E-state index contributed by atoms with van der Waals surface area (Å²) < 4.78 is 0.810. The van der Waals surface area contributed by atoms with Gasteiger partial charge in [-0.1, -0.05) is 58.4 Å². The number of hydrogen-bond donors (Lipinski definition) is 3. The zero-order chi connectivity index (χ0) is 21.3. The number of halogens is 1. The molecule has 30 heavy (non-hydrogen) atoms. The minimum atomic E-state index is -0.306. The summed E-state index contributed by atoms with van der Waals surface area (Å²) in [5.41, 5.74) is 2.93. The molecule has 0 unspecified atom stereocenters. The number of aryl methyl sites for hydroxylation is 1. The quantitative estimate of drug-likeness (QED) is 0.426. The number of benzene rings is 3. The Kier molecular flexibility index (Phi) is 7.70. The summed E-state index contributed by atoms with van der Waals surface area (Å²) in [6, 6.07) is 24.1. The van der Waals surface area contributed by atoms with Crippen LogP contribution < -0.4 is 16.0 Å². The molecule has 0 heterocycles. The third-order valence-corrected chi connectivity index (χ3v) is 4.90. The van der Waals surface area contributed by atoms with Crippen molar-refractivity contribution in [1.82, 2.24) is 5.32 Å². The number of amides is 2. The van der Waals surface area contributed by atoms with Crippen LogP contribution in [0.5, 0.6) is 0 Å². The summed E-state index contributed by atoms with van der Waals surface area (Å²) in [5, 5.41) is 8.67. The van der Waals surface area contributed by atoms with E-state index in [9.17, 15) is 9.59 Å². The van der Waals surface area contributed by atoms with Crippen molar-refractivity contribution in [3.8, 4) is 0 Å². The van der Waals surface area contributed by atoms with Crippen molar-refractivity contribution in [3.05, 3.63) is 94.5 Å². The highest BCUT2D eigenvalue weighted by Crippen LogP contribution is 2.16. The number of carbonyl (C=O) groups is 2. The van der Waals surface area contributed by atoms with E-state index in [0.717, 1.165) is 10.0 Å². The number of thiocarbonyl (C=S) groups is 1. The van der Waals surface area contributed by atoms with E-state index in [4.69, 9.17) is 12.2 Å².